The van der Waals surface area contributed by atoms with E-state index < -0.39 is 0 Å². The van der Waals surface area contributed by atoms with E-state index in [0.29, 0.717) is 0 Å². The average Bonchev–Trinajstić information content (AvgIpc) is 2.66. The minimum absolute atomic E-state index is 0.100. The Hall–Kier alpha value is -1.75. The van der Waals surface area contributed by atoms with Gasteiger partial charge in [-0.1, -0.05) is 5.21 Å². The Balaban J connectivity index is 2.37. The first-order chi connectivity index (χ1) is 7.16. The van der Waals surface area contributed by atoms with E-state index in [9.17, 15) is 0 Å². The predicted octanol–water partition coefficient (Wildman–Crippen LogP) is 0.990. The van der Waals surface area contributed by atoms with Crippen molar-refractivity contribution in [2.24, 2.45) is 5.73 Å². The van der Waals surface area contributed by atoms with Gasteiger partial charge in [0.25, 0.3) is 0 Å². The van der Waals surface area contributed by atoms with E-state index in [1.54, 1.807) is 17.1 Å². The van der Waals surface area contributed by atoms with Crippen LogP contribution < -0.4 is 5.73 Å². The Kier molecular flexibility index (Phi) is 2.47. The molecule has 0 saturated heterocycles. The fourth-order valence-corrected chi connectivity index (χ4v) is 1.28. The minimum Gasteiger partial charge on any atom is -0.323 e. The molecule has 2 aromatic rings. The molecule has 5 nitrogen and oxygen atoms in total. The highest BCUT2D eigenvalue weighted by atomic mass is 15.4. The number of aromatic nitrogens is 4. The molecule has 0 aliphatic rings. The summed E-state index contributed by atoms with van der Waals surface area (Å²) in [6, 6.07) is 1.89. The summed E-state index contributed by atoms with van der Waals surface area (Å²) in [5, 5.41) is 7.98. The van der Waals surface area contributed by atoms with E-state index in [4.69, 9.17) is 5.73 Å². The van der Waals surface area contributed by atoms with Gasteiger partial charge in [-0.2, -0.15) is 0 Å². The SMILES string of the molecule is Cc1cncc(-n2cc(C(C)N)nn2)c1. The Bertz CT molecular complexity index is 460. The second-order valence-corrected chi connectivity index (χ2v) is 3.60. The van der Waals surface area contributed by atoms with Crippen molar-refractivity contribution >= 4 is 0 Å². The maximum Gasteiger partial charge on any atom is 0.0995 e. The van der Waals surface area contributed by atoms with Gasteiger partial charge in [0.15, 0.2) is 0 Å². The molecule has 0 aliphatic carbocycles. The molecule has 0 aliphatic heterocycles. The summed E-state index contributed by atoms with van der Waals surface area (Å²) in [7, 11) is 0. The first-order valence-corrected chi connectivity index (χ1v) is 4.76. The van der Waals surface area contributed by atoms with Gasteiger partial charge in [0.2, 0.25) is 0 Å². The average molecular weight is 203 g/mol. The second kappa shape index (κ2) is 3.78. The summed E-state index contributed by atoms with van der Waals surface area (Å²) in [5.41, 5.74) is 8.46. The van der Waals surface area contributed by atoms with E-state index in [0.717, 1.165) is 16.9 Å². The van der Waals surface area contributed by atoms with Crippen LogP contribution in [0.15, 0.2) is 24.7 Å². The number of rotatable bonds is 2. The smallest absolute Gasteiger partial charge is 0.0995 e. The third-order valence-electron chi connectivity index (χ3n) is 2.10. The molecule has 78 valence electrons. The lowest BCUT2D eigenvalue weighted by Crippen LogP contribution is -2.04. The maximum atomic E-state index is 5.70. The Labute approximate surface area is 87.9 Å². The van der Waals surface area contributed by atoms with Gasteiger partial charge >= 0.3 is 0 Å². The van der Waals surface area contributed by atoms with Crippen LogP contribution in [0.2, 0.25) is 0 Å². The predicted molar refractivity (Wildman–Crippen MR) is 56.5 cm³/mol. The first-order valence-electron chi connectivity index (χ1n) is 4.76. The van der Waals surface area contributed by atoms with Crippen LogP contribution in [0, 0.1) is 6.92 Å². The molecular weight excluding hydrogens is 190 g/mol. The van der Waals surface area contributed by atoms with Gasteiger partial charge < -0.3 is 5.73 Å². The van der Waals surface area contributed by atoms with E-state index in [-0.39, 0.29) is 6.04 Å². The highest BCUT2D eigenvalue weighted by molar-refractivity contribution is 5.30. The summed E-state index contributed by atoms with van der Waals surface area (Å²) in [4.78, 5) is 4.09. The van der Waals surface area contributed by atoms with Crippen molar-refractivity contribution < 1.29 is 0 Å². The van der Waals surface area contributed by atoms with Crippen molar-refractivity contribution in [1.82, 2.24) is 20.0 Å². The highest BCUT2D eigenvalue weighted by Crippen LogP contribution is 2.10. The van der Waals surface area contributed by atoms with Gasteiger partial charge in [-0.15, -0.1) is 5.10 Å². The normalized spacial score (nSPS) is 12.7. The standard InChI is InChI=1S/C10H13N5/c1-7-3-9(5-12-4-7)15-6-10(8(2)11)13-14-15/h3-6,8H,11H2,1-2H3. The Morgan fingerprint density at radius 1 is 1.40 bits per heavy atom. The molecule has 0 spiro atoms. The topological polar surface area (TPSA) is 69.6 Å². The third-order valence-corrected chi connectivity index (χ3v) is 2.10. The van der Waals surface area contributed by atoms with Crippen molar-refractivity contribution in [2.45, 2.75) is 19.9 Å². The zero-order valence-corrected chi connectivity index (χ0v) is 8.75. The first kappa shape index (κ1) is 9.79. The van der Waals surface area contributed by atoms with Crippen molar-refractivity contribution in [1.29, 1.82) is 0 Å². The van der Waals surface area contributed by atoms with Gasteiger partial charge in [-0.3, -0.25) is 4.98 Å². The molecule has 1 atom stereocenters. The molecule has 0 aromatic carbocycles. The zero-order chi connectivity index (χ0) is 10.8. The summed E-state index contributed by atoms with van der Waals surface area (Å²) >= 11 is 0. The number of hydrogen-bond acceptors (Lipinski definition) is 4. The number of aryl methyl sites for hydroxylation is 1. The molecule has 0 radical (unpaired) electrons. The molecule has 2 rings (SSSR count). The van der Waals surface area contributed by atoms with Crippen LogP contribution in [-0.2, 0) is 0 Å². The maximum absolute atomic E-state index is 5.70. The summed E-state index contributed by atoms with van der Waals surface area (Å²) in [5.74, 6) is 0. The number of pyridine rings is 1. The van der Waals surface area contributed by atoms with E-state index in [2.05, 4.69) is 15.3 Å². The van der Waals surface area contributed by atoms with E-state index >= 15 is 0 Å². The summed E-state index contributed by atoms with van der Waals surface area (Å²) in [6.45, 7) is 3.86. The van der Waals surface area contributed by atoms with Crippen LogP contribution in [0.25, 0.3) is 5.69 Å². The summed E-state index contributed by atoms with van der Waals surface area (Å²) in [6.07, 6.45) is 5.36. The van der Waals surface area contributed by atoms with Crippen molar-refractivity contribution in [3.8, 4) is 5.69 Å². The van der Waals surface area contributed by atoms with Crippen molar-refractivity contribution in [3.63, 3.8) is 0 Å². The molecule has 1 unspecified atom stereocenters. The van der Waals surface area contributed by atoms with Gasteiger partial charge in [-0.05, 0) is 25.5 Å². The molecule has 0 fully saturated rings. The third kappa shape index (κ3) is 2.02. The quantitative estimate of drug-likeness (QED) is 0.790. The molecule has 0 bridgehead atoms. The van der Waals surface area contributed by atoms with Crippen molar-refractivity contribution in [3.05, 3.63) is 35.9 Å². The molecular formula is C10H13N5. The van der Waals surface area contributed by atoms with Crippen LogP contribution in [0.1, 0.15) is 24.2 Å². The molecule has 15 heavy (non-hydrogen) atoms. The molecule has 2 N–H and O–H groups in total. The zero-order valence-electron chi connectivity index (χ0n) is 8.75. The fourth-order valence-electron chi connectivity index (χ4n) is 1.28. The van der Waals surface area contributed by atoms with Crippen LogP contribution in [0.5, 0.6) is 0 Å². The van der Waals surface area contributed by atoms with E-state index in [1.165, 1.54) is 0 Å². The van der Waals surface area contributed by atoms with Crippen molar-refractivity contribution in [2.75, 3.05) is 0 Å². The Morgan fingerprint density at radius 2 is 2.20 bits per heavy atom. The lowest BCUT2D eigenvalue weighted by molar-refractivity contribution is 0.755. The molecule has 2 heterocycles. The Morgan fingerprint density at radius 3 is 2.80 bits per heavy atom. The number of hydrogen-bond donors (Lipinski definition) is 1. The summed E-state index contributed by atoms with van der Waals surface area (Å²) < 4.78 is 1.68. The number of nitrogens with zero attached hydrogens (tertiary/aromatic N) is 4. The van der Waals surface area contributed by atoms with Crippen LogP contribution >= 0.6 is 0 Å². The molecule has 0 saturated carbocycles. The van der Waals surface area contributed by atoms with E-state index in [1.807, 2.05) is 26.1 Å². The number of nitrogens with two attached hydrogens (primary N) is 1. The molecule has 0 amide bonds. The molecule has 5 heteroatoms. The lowest BCUT2D eigenvalue weighted by atomic mass is 10.3. The van der Waals surface area contributed by atoms with Gasteiger partial charge in [0.05, 0.1) is 23.8 Å². The lowest BCUT2D eigenvalue weighted by Gasteiger charge is -2.00. The van der Waals surface area contributed by atoms with Crippen LogP contribution in [0.3, 0.4) is 0 Å². The highest BCUT2D eigenvalue weighted by Gasteiger charge is 2.06. The fraction of sp³-hybridized carbons (Fsp3) is 0.300. The van der Waals surface area contributed by atoms with Gasteiger partial charge in [0, 0.05) is 12.2 Å². The molecule has 2 aromatic heterocycles. The van der Waals surface area contributed by atoms with Gasteiger partial charge in [-0.25, -0.2) is 4.68 Å². The minimum atomic E-state index is -0.100. The van der Waals surface area contributed by atoms with Crippen LogP contribution in [0.4, 0.5) is 0 Å². The van der Waals surface area contributed by atoms with Gasteiger partial charge in [0.1, 0.15) is 0 Å². The second-order valence-electron chi connectivity index (χ2n) is 3.60. The largest absolute Gasteiger partial charge is 0.323 e. The van der Waals surface area contributed by atoms with Crippen LogP contribution in [-0.4, -0.2) is 20.0 Å². The monoisotopic (exact) mass is 203 g/mol.